The highest BCUT2D eigenvalue weighted by Crippen LogP contribution is 2.21. The maximum absolute atomic E-state index is 5.64. The van der Waals surface area contributed by atoms with Crippen LogP contribution in [-0.2, 0) is 11.3 Å². The van der Waals surface area contributed by atoms with Crippen molar-refractivity contribution in [2.45, 2.75) is 11.8 Å². The summed E-state index contributed by atoms with van der Waals surface area (Å²) < 4.78 is 21.7. The molecule has 7 nitrogen and oxygen atoms in total. The zero-order valence-corrected chi connectivity index (χ0v) is 14.5. The lowest BCUT2D eigenvalue weighted by atomic mass is 10.3. The van der Waals surface area contributed by atoms with Gasteiger partial charge < -0.3 is 18.6 Å². The Morgan fingerprint density at radius 3 is 2.88 bits per heavy atom. The molecule has 1 aromatic carbocycles. The first-order chi connectivity index (χ1) is 11.8. The van der Waals surface area contributed by atoms with Crippen LogP contribution in [0.5, 0.6) is 11.5 Å². The number of thioether (sulfide) groups is 1. The first-order valence-electron chi connectivity index (χ1n) is 7.85. The fourth-order valence-electron chi connectivity index (χ4n) is 2.28. The molecule has 1 aliphatic heterocycles. The van der Waals surface area contributed by atoms with Gasteiger partial charge in [0, 0.05) is 31.5 Å². The summed E-state index contributed by atoms with van der Waals surface area (Å²) in [5.41, 5.74) is 0. The molecular weight excluding hydrogens is 330 g/mol. The molecular formula is C16H21N3O4S. The van der Waals surface area contributed by atoms with E-state index in [0.717, 1.165) is 44.4 Å². The van der Waals surface area contributed by atoms with E-state index < -0.39 is 0 Å². The molecule has 3 rings (SSSR count). The summed E-state index contributed by atoms with van der Waals surface area (Å²) in [5, 5.41) is 8.63. The smallest absolute Gasteiger partial charge is 0.276 e. The first kappa shape index (κ1) is 17.1. The normalized spacial score (nSPS) is 15.4. The average Bonchev–Trinajstić information content (AvgIpc) is 3.09. The van der Waals surface area contributed by atoms with Gasteiger partial charge in [-0.1, -0.05) is 17.8 Å². The van der Waals surface area contributed by atoms with Gasteiger partial charge in [-0.25, -0.2) is 0 Å². The lowest BCUT2D eigenvalue weighted by Gasteiger charge is -2.25. The lowest BCUT2D eigenvalue weighted by molar-refractivity contribution is 0.0410. The molecule has 0 N–H and O–H groups in total. The second kappa shape index (κ2) is 8.91. The molecule has 0 unspecified atom stereocenters. The number of aromatic nitrogens is 2. The van der Waals surface area contributed by atoms with Crippen molar-refractivity contribution in [3.05, 3.63) is 30.2 Å². The summed E-state index contributed by atoms with van der Waals surface area (Å²) in [4.78, 5) is 2.37. The van der Waals surface area contributed by atoms with Gasteiger partial charge in [-0.3, -0.25) is 4.90 Å². The van der Waals surface area contributed by atoms with E-state index in [1.54, 1.807) is 18.9 Å². The molecule has 24 heavy (non-hydrogen) atoms. The zero-order chi connectivity index (χ0) is 16.6. The van der Waals surface area contributed by atoms with E-state index >= 15 is 0 Å². The predicted octanol–water partition coefficient (Wildman–Crippen LogP) is 2.08. The van der Waals surface area contributed by atoms with E-state index in [4.69, 9.17) is 18.6 Å². The maximum Gasteiger partial charge on any atom is 0.276 e. The number of methoxy groups -OCH3 is 1. The standard InChI is InChI=1S/C16H21N3O4S/c1-20-13-3-2-4-14(11-13)22-12-15-17-18-16(23-15)24-10-7-19-5-8-21-9-6-19/h2-4,11H,5-10,12H2,1H3. The van der Waals surface area contributed by atoms with Crippen molar-refractivity contribution >= 4 is 11.8 Å². The van der Waals surface area contributed by atoms with Gasteiger partial charge in [0.15, 0.2) is 6.61 Å². The SMILES string of the molecule is COc1cccc(OCc2nnc(SCCN3CCOCC3)o2)c1. The van der Waals surface area contributed by atoms with Crippen LogP contribution in [0.3, 0.4) is 0 Å². The summed E-state index contributed by atoms with van der Waals surface area (Å²) in [5.74, 6) is 2.83. The minimum atomic E-state index is 0.240. The van der Waals surface area contributed by atoms with Gasteiger partial charge in [-0.15, -0.1) is 10.2 Å². The minimum Gasteiger partial charge on any atom is -0.497 e. The largest absolute Gasteiger partial charge is 0.497 e. The first-order valence-corrected chi connectivity index (χ1v) is 8.84. The van der Waals surface area contributed by atoms with Crippen molar-refractivity contribution in [1.82, 2.24) is 15.1 Å². The Morgan fingerprint density at radius 2 is 2.04 bits per heavy atom. The highest BCUT2D eigenvalue weighted by atomic mass is 32.2. The van der Waals surface area contributed by atoms with Crippen molar-refractivity contribution in [2.75, 3.05) is 45.7 Å². The molecule has 0 saturated carbocycles. The number of nitrogens with zero attached hydrogens (tertiary/aromatic N) is 3. The number of rotatable bonds is 8. The third-order valence-electron chi connectivity index (χ3n) is 3.59. The zero-order valence-electron chi connectivity index (χ0n) is 13.6. The predicted molar refractivity (Wildman–Crippen MR) is 89.6 cm³/mol. The van der Waals surface area contributed by atoms with Crippen LogP contribution in [0, 0.1) is 0 Å². The fraction of sp³-hybridized carbons (Fsp3) is 0.500. The topological polar surface area (TPSA) is 69.9 Å². The second-order valence-electron chi connectivity index (χ2n) is 5.23. The average molecular weight is 351 g/mol. The molecule has 2 heterocycles. The number of ether oxygens (including phenoxy) is 3. The summed E-state index contributed by atoms with van der Waals surface area (Å²) in [7, 11) is 1.62. The lowest BCUT2D eigenvalue weighted by Crippen LogP contribution is -2.37. The highest BCUT2D eigenvalue weighted by Gasteiger charge is 2.12. The van der Waals surface area contributed by atoms with Gasteiger partial charge >= 0.3 is 0 Å². The number of benzene rings is 1. The molecule has 1 aromatic heterocycles. The quantitative estimate of drug-likeness (QED) is 0.670. The van der Waals surface area contributed by atoms with E-state index in [1.807, 2.05) is 24.3 Å². The van der Waals surface area contributed by atoms with Crippen LogP contribution in [0.4, 0.5) is 0 Å². The fourth-order valence-corrected chi connectivity index (χ4v) is 3.06. The van der Waals surface area contributed by atoms with Crippen LogP contribution in [0.1, 0.15) is 5.89 Å². The van der Waals surface area contributed by atoms with Crippen LogP contribution in [0.25, 0.3) is 0 Å². The number of hydrogen-bond donors (Lipinski definition) is 0. The Labute approximate surface area is 145 Å². The summed E-state index contributed by atoms with van der Waals surface area (Å²) >= 11 is 1.56. The van der Waals surface area contributed by atoms with Crippen molar-refractivity contribution in [1.29, 1.82) is 0 Å². The Morgan fingerprint density at radius 1 is 1.21 bits per heavy atom. The summed E-state index contributed by atoms with van der Waals surface area (Å²) in [6, 6.07) is 7.41. The molecule has 1 fully saturated rings. The molecule has 0 atom stereocenters. The van der Waals surface area contributed by atoms with Gasteiger partial charge in [-0.2, -0.15) is 0 Å². The van der Waals surface area contributed by atoms with Gasteiger partial charge in [-0.05, 0) is 12.1 Å². The Balaban J connectivity index is 1.41. The molecule has 0 bridgehead atoms. The Hall–Kier alpha value is -1.77. The van der Waals surface area contributed by atoms with Gasteiger partial charge in [0.05, 0.1) is 20.3 Å². The third-order valence-corrected chi connectivity index (χ3v) is 4.39. The maximum atomic E-state index is 5.64. The molecule has 0 aliphatic carbocycles. The van der Waals surface area contributed by atoms with Crippen LogP contribution >= 0.6 is 11.8 Å². The summed E-state index contributed by atoms with van der Waals surface area (Å²) in [6.45, 7) is 4.85. The molecule has 2 aromatic rings. The van der Waals surface area contributed by atoms with Crippen LogP contribution < -0.4 is 9.47 Å². The molecule has 1 saturated heterocycles. The van der Waals surface area contributed by atoms with Crippen molar-refractivity contribution in [3.8, 4) is 11.5 Å². The molecule has 130 valence electrons. The molecule has 1 aliphatic rings. The van der Waals surface area contributed by atoms with Crippen molar-refractivity contribution in [2.24, 2.45) is 0 Å². The minimum absolute atomic E-state index is 0.240. The van der Waals surface area contributed by atoms with Crippen LogP contribution in [0.2, 0.25) is 0 Å². The van der Waals surface area contributed by atoms with Gasteiger partial charge in [0.2, 0.25) is 0 Å². The molecule has 0 radical (unpaired) electrons. The van der Waals surface area contributed by atoms with Crippen molar-refractivity contribution < 1.29 is 18.6 Å². The van der Waals surface area contributed by atoms with Crippen LogP contribution in [-0.4, -0.2) is 60.8 Å². The number of hydrogen-bond acceptors (Lipinski definition) is 8. The van der Waals surface area contributed by atoms with Crippen molar-refractivity contribution in [3.63, 3.8) is 0 Å². The second-order valence-corrected chi connectivity index (χ2v) is 6.28. The van der Waals surface area contributed by atoms with E-state index in [1.165, 1.54) is 0 Å². The highest BCUT2D eigenvalue weighted by molar-refractivity contribution is 7.99. The van der Waals surface area contributed by atoms with E-state index in [2.05, 4.69) is 15.1 Å². The van der Waals surface area contributed by atoms with E-state index in [-0.39, 0.29) is 6.61 Å². The number of morpholine rings is 1. The monoisotopic (exact) mass is 351 g/mol. The molecule has 0 amide bonds. The molecule has 0 spiro atoms. The van der Waals surface area contributed by atoms with E-state index in [9.17, 15) is 0 Å². The molecule has 8 heteroatoms. The van der Waals surface area contributed by atoms with E-state index in [0.29, 0.717) is 16.9 Å². The van der Waals surface area contributed by atoms with Gasteiger partial charge in [0.25, 0.3) is 11.1 Å². The Kier molecular flexibility index (Phi) is 6.33. The van der Waals surface area contributed by atoms with Gasteiger partial charge in [0.1, 0.15) is 11.5 Å². The summed E-state index contributed by atoms with van der Waals surface area (Å²) in [6.07, 6.45) is 0. The van der Waals surface area contributed by atoms with Crippen LogP contribution in [0.15, 0.2) is 33.9 Å². The Bertz CT molecular complexity index is 631. The third kappa shape index (κ3) is 5.12.